The molecule has 0 fully saturated rings. The highest BCUT2D eigenvalue weighted by Crippen LogP contribution is 2.39. The van der Waals surface area contributed by atoms with E-state index in [1.54, 1.807) is 13.8 Å². The van der Waals surface area contributed by atoms with Crippen molar-refractivity contribution in [1.29, 1.82) is 0 Å². The van der Waals surface area contributed by atoms with E-state index in [0.717, 1.165) is 11.1 Å². The van der Waals surface area contributed by atoms with Crippen molar-refractivity contribution in [2.75, 3.05) is 0 Å². The van der Waals surface area contributed by atoms with Crippen molar-refractivity contribution >= 4 is 5.97 Å². The molecule has 3 heteroatoms. The maximum absolute atomic E-state index is 11.4. The van der Waals surface area contributed by atoms with E-state index < -0.39 is 23.4 Å². The van der Waals surface area contributed by atoms with Crippen LogP contribution in [0.2, 0.25) is 0 Å². The van der Waals surface area contributed by atoms with E-state index in [0.29, 0.717) is 0 Å². The molecule has 0 radical (unpaired) electrons. The Labute approximate surface area is 124 Å². The lowest BCUT2D eigenvalue weighted by Crippen LogP contribution is -2.43. The van der Waals surface area contributed by atoms with E-state index in [1.807, 2.05) is 60.7 Å². The predicted octanol–water partition coefficient (Wildman–Crippen LogP) is 3.29. The molecule has 110 valence electrons. The van der Waals surface area contributed by atoms with Crippen molar-refractivity contribution in [2.24, 2.45) is 5.92 Å². The summed E-state index contributed by atoms with van der Waals surface area (Å²) in [6.45, 7) is 3.14. The van der Waals surface area contributed by atoms with Crippen LogP contribution in [-0.2, 0) is 4.79 Å². The molecule has 2 aromatic rings. The Morgan fingerprint density at radius 2 is 1.33 bits per heavy atom. The molecule has 2 N–H and O–H groups in total. The first-order valence-corrected chi connectivity index (χ1v) is 6.99. The Hall–Kier alpha value is -2.13. The van der Waals surface area contributed by atoms with Crippen molar-refractivity contribution < 1.29 is 15.0 Å². The monoisotopic (exact) mass is 284 g/mol. The van der Waals surface area contributed by atoms with Gasteiger partial charge in [-0.25, -0.2) is 0 Å². The number of hydrogen-bond donors (Lipinski definition) is 2. The minimum absolute atomic E-state index is 0.397. The summed E-state index contributed by atoms with van der Waals surface area (Å²) in [6.07, 6.45) is 0. The highest BCUT2D eigenvalue weighted by molar-refractivity contribution is 5.71. The van der Waals surface area contributed by atoms with Crippen molar-refractivity contribution in [2.45, 2.75) is 25.4 Å². The molecule has 3 nitrogen and oxygen atoms in total. The maximum atomic E-state index is 11.4. The Bertz CT molecular complexity index is 551. The molecular weight excluding hydrogens is 264 g/mol. The third-order valence-electron chi connectivity index (χ3n) is 4.10. The van der Waals surface area contributed by atoms with Crippen LogP contribution in [0.15, 0.2) is 60.7 Å². The quantitative estimate of drug-likeness (QED) is 0.885. The molecule has 0 saturated heterocycles. The van der Waals surface area contributed by atoms with E-state index in [-0.39, 0.29) is 0 Å². The van der Waals surface area contributed by atoms with Crippen LogP contribution >= 0.6 is 0 Å². The van der Waals surface area contributed by atoms with Crippen LogP contribution in [0.25, 0.3) is 0 Å². The lowest BCUT2D eigenvalue weighted by Gasteiger charge is -2.36. The van der Waals surface area contributed by atoms with Crippen LogP contribution in [-0.4, -0.2) is 21.8 Å². The number of rotatable bonds is 5. The number of aliphatic hydroxyl groups is 1. The van der Waals surface area contributed by atoms with Crippen LogP contribution in [0.4, 0.5) is 0 Å². The Balaban J connectivity index is 2.54. The first-order chi connectivity index (χ1) is 9.94. The van der Waals surface area contributed by atoms with Gasteiger partial charge in [0.1, 0.15) is 0 Å². The van der Waals surface area contributed by atoms with Crippen molar-refractivity contribution in [1.82, 2.24) is 0 Å². The van der Waals surface area contributed by atoms with Crippen LogP contribution in [0, 0.1) is 5.92 Å². The van der Waals surface area contributed by atoms with Gasteiger partial charge in [0, 0.05) is 5.92 Å². The Kier molecular flexibility index (Phi) is 4.43. The van der Waals surface area contributed by atoms with Gasteiger partial charge in [0.25, 0.3) is 0 Å². The summed E-state index contributed by atoms with van der Waals surface area (Å²) in [5, 5.41) is 20.2. The third kappa shape index (κ3) is 3.14. The van der Waals surface area contributed by atoms with Gasteiger partial charge in [-0.2, -0.15) is 0 Å². The van der Waals surface area contributed by atoms with Crippen LogP contribution in [0.1, 0.15) is 30.9 Å². The van der Waals surface area contributed by atoms with E-state index in [4.69, 9.17) is 0 Å². The van der Waals surface area contributed by atoms with Crippen molar-refractivity contribution in [3.05, 3.63) is 71.8 Å². The first kappa shape index (κ1) is 15.3. The predicted molar refractivity (Wildman–Crippen MR) is 82.2 cm³/mol. The van der Waals surface area contributed by atoms with Crippen LogP contribution < -0.4 is 0 Å². The third-order valence-corrected chi connectivity index (χ3v) is 4.10. The highest BCUT2D eigenvalue weighted by Gasteiger charge is 2.42. The zero-order valence-corrected chi connectivity index (χ0v) is 12.2. The van der Waals surface area contributed by atoms with E-state index >= 15 is 0 Å². The van der Waals surface area contributed by atoms with Gasteiger partial charge < -0.3 is 10.2 Å². The van der Waals surface area contributed by atoms with E-state index in [9.17, 15) is 15.0 Å². The zero-order valence-electron chi connectivity index (χ0n) is 12.2. The molecular formula is C18H20O3. The summed E-state index contributed by atoms with van der Waals surface area (Å²) < 4.78 is 0. The fourth-order valence-electron chi connectivity index (χ4n) is 2.66. The molecule has 2 unspecified atom stereocenters. The van der Waals surface area contributed by atoms with Crippen LogP contribution in [0.3, 0.4) is 0 Å². The lowest BCUT2D eigenvalue weighted by atomic mass is 9.72. The molecule has 0 aliphatic rings. The van der Waals surface area contributed by atoms with Gasteiger partial charge in [-0.05, 0) is 25.0 Å². The summed E-state index contributed by atoms with van der Waals surface area (Å²) >= 11 is 0. The molecule has 0 aliphatic heterocycles. The SMILES string of the molecule is CC(C(=O)O)C(C)(O)C(c1ccccc1)c1ccccc1. The molecule has 2 atom stereocenters. The topological polar surface area (TPSA) is 57.5 Å². The summed E-state index contributed by atoms with van der Waals surface area (Å²) in [4.78, 5) is 11.4. The second-order valence-corrected chi connectivity index (χ2v) is 5.54. The number of carboxylic acids is 1. The Morgan fingerprint density at radius 3 is 1.67 bits per heavy atom. The number of aliphatic carboxylic acids is 1. The van der Waals surface area contributed by atoms with Gasteiger partial charge in [-0.3, -0.25) is 4.79 Å². The lowest BCUT2D eigenvalue weighted by molar-refractivity contribution is -0.150. The normalized spacial score (nSPS) is 15.4. The zero-order chi connectivity index (χ0) is 15.5. The van der Waals surface area contributed by atoms with E-state index in [1.165, 1.54) is 0 Å². The molecule has 0 heterocycles. The fourth-order valence-corrected chi connectivity index (χ4v) is 2.66. The minimum Gasteiger partial charge on any atom is -0.481 e. The maximum Gasteiger partial charge on any atom is 0.309 e. The largest absolute Gasteiger partial charge is 0.481 e. The number of hydrogen-bond acceptors (Lipinski definition) is 2. The summed E-state index contributed by atoms with van der Waals surface area (Å²) in [7, 11) is 0. The molecule has 0 amide bonds. The van der Waals surface area contributed by atoms with Crippen LogP contribution in [0.5, 0.6) is 0 Å². The molecule has 0 saturated carbocycles. The molecule has 0 aliphatic carbocycles. The highest BCUT2D eigenvalue weighted by atomic mass is 16.4. The van der Waals surface area contributed by atoms with E-state index in [2.05, 4.69) is 0 Å². The smallest absolute Gasteiger partial charge is 0.309 e. The molecule has 0 spiro atoms. The number of carbonyl (C=O) groups is 1. The molecule has 0 aromatic heterocycles. The second kappa shape index (κ2) is 6.10. The van der Waals surface area contributed by atoms with Gasteiger partial charge in [-0.1, -0.05) is 60.7 Å². The van der Waals surface area contributed by atoms with Gasteiger partial charge in [0.15, 0.2) is 0 Å². The summed E-state index contributed by atoms with van der Waals surface area (Å²) in [5.41, 5.74) is 0.415. The molecule has 21 heavy (non-hydrogen) atoms. The number of carboxylic acid groups (broad SMARTS) is 1. The minimum atomic E-state index is -1.39. The van der Waals surface area contributed by atoms with Gasteiger partial charge in [0.2, 0.25) is 0 Å². The average Bonchev–Trinajstić information content (AvgIpc) is 2.48. The standard InChI is InChI=1S/C18H20O3/c1-13(17(19)20)18(2,21)16(14-9-5-3-6-10-14)15-11-7-4-8-12-15/h3-13,16,21H,1-2H3,(H,19,20). The average molecular weight is 284 g/mol. The molecule has 2 aromatic carbocycles. The van der Waals surface area contributed by atoms with Crippen molar-refractivity contribution in [3.8, 4) is 0 Å². The molecule has 0 bridgehead atoms. The Morgan fingerprint density at radius 1 is 0.952 bits per heavy atom. The van der Waals surface area contributed by atoms with Gasteiger partial charge >= 0.3 is 5.97 Å². The fraction of sp³-hybridized carbons (Fsp3) is 0.278. The second-order valence-electron chi connectivity index (χ2n) is 5.54. The number of benzene rings is 2. The first-order valence-electron chi connectivity index (χ1n) is 6.99. The van der Waals surface area contributed by atoms with Crippen molar-refractivity contribution in [3.63, 3.8) is 0 Å². The van der Waals surface area contributed by atoms with Gasteiger partial charge in [0.05, 0.1) is 11.5 Å². The summed E-state index contributed by atoms with van der Waals surface area (Å²) in [5.74, 6) is -2.29. The molecule has 2 rings (SSSR count). The van der Waals surface area contributed by atoms with Gasteiger partial charge in [-0.15, -0.1) is 0 Å². The summed E-state index contributed by atoms with van der Waals surface area (Å²) in [6, 6.07) is 19.1.